The molecule has 2 nitrogen and oxygen atoms in total. The van der Waals surface area contributed by atoms with Crippen LogP contribution in [0, 0.1) is 11.3 Å². The van der Waals surface area contributed by atoms with Crippen LogP contribution in [0.4, 0.5) is 0 Å². The predicted octanol–water partition coefficient (Wildman–Crippen LogP) is 2.56. The van der Waals surface area contributed by atoms with Gasteiger partial charge in [0.2, 0.25) is 0 Å². The summed E-state index contributed by atoms with van der Waals surface area (Å²) in [4.78, 5) is 3.36. The van der Waals surface area contributed by atoms with Crippen molar-refractivity contribution in [3.63, 3.8) is 0 Å². The smallest absolute Gasteiger partial charge is 0.0733 e. The molecule has 1 aliphatic carbocycles. The van der Waals surface area contributed by atoms with E-state index >= 15 is 0 Å². The fourth-order valence-corrected chi connectivity index (χ4v) is 3.36. The van der Waals surface area contributed by atoms with E-state index in [0.717, 1.165) is 18.4 Å². The number of rotatable bonds is 4. The van der Waals surface area contributed by atoms with Crippen molar-refractivity contribution in [3.8, 4) is 0 Å². The number of thiocarbonyl (C=S) groups is 1. The zero-order chi connectivity index (χ0) is 11.8. The van der Waals surface area contributed by atoms with Gasteiger partial charge < -0.3 is 10.6 Å². The molecule has 2 aliphatic rings. The lowest BCUT2D eigenvalue weighted by molar-refractivity contribution is 0.105. The van der Waals surface area contributed by atoms with Crippen LogP contribution >= 0.6 is 12.2 Å². The fourth-order valence-electron chi connectivity index (χ4n) is 3.06. The van der Waals surface area contributed by atoms with Crippen molar-refractivity contribution >= 4 is 17.2 Å². The van der Waals surface area contributed by atoms with Gasteiger partial charge in [0.25, 0.3) is 0 Å². The molecule has 92 valence electrons. The highest BCUT2D eigenvalue weighted by Crippen LogP contribution is 2.50. The first-order valence-corrected chi connectivity index (χ1v) is 6.94. The first kappa shape index (κ1) is 12.3. The Morgan fingerprint density at radius 2 is 2.12 bits per heavy atom. The molecular formula is C13H24N2S. The van der Waals surface area contributed by atoms with Crippen molar-refractivity contribution in [2.75, 3.05) is 13.1 Å². The highest BCUT2D eigenvalue weighted by Gasteiger charge is 2.45. The summed E-state index contributed by atoms with van der Waals surface area (Å²) in [6.45, 7) is 7.22. The molecular weight excluding hydrogens is 216 g/mol. The Hall–Kier alpha value is -0.150. The molecule has 0 aromatic rings. The van der Waals surface area contributed by atoms with Gasteiger partial charge in [-0.25, -0.2) is 0 Å². The Labute approximate surface area is 105 Å². The van der Waals surface area contributed by atoms with Crippen molar-refractivity contribution in [3.05, 3.63) is 0 Å². The first-order valence-electron chi connectivity index (χ1n) is 6.53. The normalized spacial score (nSPS) is 33.6. The van der Waals surface area contributed by atoms with E-state index in [1.54, 1.807) is 0 Å². The van der Waals surface area contributed by atoms with Crippen LogP contribution in [0.5, 0.6) is 0 Å². The molecule has 0 bridgehead atoms. The molecule has 16 heavy (non-hydrogen) atoms. The van der Waals surface area contributed by atoms with Gasteiger partial charge >= 0.3 is 0 Å². The number of likely N-dealkylation sites (tertiary alicyclic amines) is 1. The van der Waals surface area contributed by atoms with Gasteiger partial charge in [-0.1, -0.05) is 19.1 Å². The van der Waals surface area contributed by atoms with Gasteiger partial charge in [-0.15, -0.1) is 0 Å². The Morgan fingerprint density at radius 3 is 2.62 bits per heavy atom. The zero-order valence-corrected chi connectivity index (χ0v) is 11.4. The standard InChI is InChI=1S/C13H24N2S/c1-10-3-6-15(11(2)7-10)9-13(4-5-13)8-12(14)16/h10-11H,3-9H2,1-2H3,(H2,14,16). The maximum atomic E-state index is 5.69. The Morgan fingerprint density at radius 1 is 1.44 bits per heavy atom. The number of piperidine rings is 1. The third-order valence-corrected chi connectivity index (χ3v) is 4.47. The molecule has 2 N–H and O–H groups in total. The molecule has 0 amide bonds. The quantitative estimate of drug-likeness (QED) is 0.766. The van der Waals surface area contributed by atoms with Crippen molar-refractivity contribution in [2.45, 2.75) is 52.0 Å². The van der Waals surface area contributed by atoms with Gasteiger partial charge in [-0.2, -0.15) is 0 Å². The third-order valence-electron chi connectivity index (χ3n) is 4.32. The second kappa shape index (κ2) is 4.61. The Kier molecular flexibility index (Phi) is 3.55. The van der Waals surface area contributed by atoms with Crippen LogP contribution in [0.15, 0.2) is 0 Å². The summed E-state index contributed by atoms with van der Waals surface area (Å²) in [5.41, 5.74) is 6.15. The lowest BCUT2D eigenvalue weighted by Crippen LogP contribution is -2.43. The van der Waals surface area contributed by atoms with Crippen LogP contribution in [0.3, 0.4) is 0 Å². The van der Waals surface area contributed by atoms with Gasteiger partial charge in [-0.05, 0) is 50.5 Å². The molecule has 1 saturated carbocycles. The number of nitrogens with two attached hydrogens (primary N) is 1. The van der Waals surface area contributed by atoms with E-state index < -0.39 is 0 Å². The lowest BCUT2D eigenvalue weighted by atomic mass is 9.91. The lowest BCUT2D eigenvalue weighted by Gasteiger charge is -2.38. The summed E-state index contributed by atoms with van der Waals surface area (Å²) >= 11 is 5.06. The van der Waals surface area contributed by atoms with E-state index in [0.29, 0.717) is 10.4 Å². The van der Waals surface area contributed by atoms with E-state index in [9.17, 15) is 0 Å². The van der Waals surface area contributed by atoms with Crippen LogP contribution in [-0.2, 0) is 0 Å². The van der Waals surface area contributed by atoms with Gasteiger partial charge in [0.15, 0.2) is 0 Å². The zero-order valence-electron chi connectivity index (χ0n) is 10.5. The van der Waals surface area contributed by atoms with Crippen LogP contribution in [-0.4, -0.2) is 29.0 Å². The molecule has 1 aliphatic heterocycles. The predicted molar refractivity (Wildman–Crippen MR) is 72.5 cm³/mol. The largest absolute Gasteiger partial charge is 0.393 e. The maximum absolute atomic E-state index is 5.69. The summed E-state index contributed by atoms with van der Waals surface area (Å²) in [6.07, 6.45) is 6.31. The molecule has 0 radical (unpaired) electrons. The minimum Gasteiger partial charge on any atom is -0.393 e. The van der Waals surface area contributed by atoms with E-state index in [2.05, 4.69) is 18.7 Å². The number of hydrogen-bond donors (Lipinski definition) is 1. The average molecular weight is 240 g/mol. The van der Waals surface area contributed by atoms with Crippen molar-refractivity contribution < 1.29 is 0 Å². The summed E-state index contributed by atoms with van der Waals surface area (Å²) in [5, 5.41) is 0. The molecule has 0 spiro atoms. The van der Waals surface area contributed by atoms with E-state index in [1.807, 2.05) is 0 Å². The fraction of sp³-hybridized carbons (Fsp3) is 0.923. The second-order valence-electron chi connectivity index (χ2n) is 6.09. The van der Waals surface area contributed by atoms with Crippen LogP contribution in [0.2, 0.25) is 0 Å². The molecule has 2 fully saturated rings. The monoisotopic (exact) mass is 240 g/mol. The van der Waals surface area contributed by atoms with Crippen molar-refractivity contribution in [1.82, 2.24) is 4.90 Å². The van der Waals surface area contributed by atoms with E-state index in [4.69, 9.17) is 18.0 Å². The molecule has 1 heterocycles. The third kappa shape index (κ3) is 2.95. The maximum Gasteiger partial charge on any atom is 0.0733 e. The molecule has 1 saturated heterocycles. The van der Waals surface area contributed by atoms with Crippen LogP contribution < -0.4 is 5.73 Å². The van der Waals surface area contributed by atoms with Crippen molar-refractivity contribution in [2.24, 2.45) is 17.1 Å². The van der Waals surface area contributed by atoms with Crippen LogP contribution in [0.25, 0.3) is 0 Å². The van der Waals surface area contributed by atoms with E-state index in [-0.39, 0.29) is 0 Å². The minimum absolute atomic E-state index is 0.459. The summed E-state index contributed by atoms with van der Waals surface area (Å²) in [7, 11) is 0. The number of hydrogen-bond acceptors (Lipinski definition) is 2. The van der Waals surface area contributed by atoms with E-state index in [1.165, 1.54) is 38.8 Å². The van der Waals surface area contributed by atoms with Gasteiger partial charge in [0.05, 0.1) is 4.99 Å². The molecule has 2 rings (SSSR count). The van der Waals surface area contributed by atoms with Gasteiger partial charge in [0, 0.05) is 19.0 Å². The van der Waals surface area contributed by atoms with Crippen LogP contribution in [0.1, 0.15) is 46.0 Å². The molecule has 2 atom stereocenters. The minimum atomic E-state index is 0.459. The Bertz CT molecular complexity index is 273. The molecule has 3 heteroatoms. The molecule has 0 aromatic carbocycles. The topological polar surface area (TPSA) is 29.3 Å². The summed E-state index contributed by atoms with van der Waals surface area (Å²) < 4.78 is 0. The first-order chi connectivity index (χ1) is 7.51. The van der Waals surface area contributed by atoms with Gasteiger partial charge in [-0.3, -0.25) is 0 Å². The highest BCUT2D eigenvalue weighted by molar-refractivity contribution is 7.80. The summed E-state index contributed by atoms with van der Waals surface area (Å²) in [6, 6.07) is 0.743. The second-order valence-corrected chi connectivity index (χ2v) is 6.62. The Balaban J connectivity index is 1.87. The SMILES string of the molecule is CC1CCN(CC2(CC(N)=S)CC2)C(C)C1. The van der Waals surface area contributed by atoms with Crippen molar-refractivity contribution in [1.29, 1.82) is 0 Å². The highest BCUT2D eigenvalue weighted by atomic mass is 32.1. The van der Waals surface area contributed by atoms with Gasteiger partial charge in [0.1, 0.15) is 0 Å². The average Bonchev–Trinajstić information content (AvgIpc) is 2.89. The summed E-state index contributed by atoms with van der Waals surface area (Å²) in [5.74, 6) is 0.900. The molecule has 0 aromatic heterocycles. The number of nitrogens with zero attached hydrogens (tertiary/aromatic N) is 1. The molecule has 2 unspecified atom stereocenters.